The molecular formula is C22H27N3O4S. The minimum atomic E-state index is -3.62. The summed E-state index contributed by atoms with van der Waals surface area (Å²) in [5.74, 6) is 0.506. The van der Waals surface area contributed by atoms with Crippen LogP contribution >= 0.6 is 0 Å². The van der Waals surface area contributed by atoms with Crippen LogP contribution in [0.1, 0.15) is 25.3 Å². The zero-order valence-corrected chi connectivity index (χ0v) is 18.3. The molecule has 0 unspecified atom stereocenters. The van der Waals surface area contributed by atoms with Crippen molar-refractivity contribution in [2.24, 2.45) is 5.92 Å². The van der Waals surface area contributed by atoms with Crippen molar-refractivity contribution in [2.45, 2.75) is 24.7 Å². The van der Waals surface area contributed by atoms with Crippen LogP contribution in [-0.4, -0.2) is 51.9 Å². The van der Waals surface area contributed by atoms with Gasteiger partial charge in [0, 0.05) is 37.6 Å². The van der Waals surface area contributed by atoms with Crippen LogP contribution in [0.2, 0.25) is 0 Å². The first-order valence-electron chi connectivity index (χ1n) is 10.1. The largest absolute Gasteiger partial charge is 0.497 e. The highest BCUT2D eigenvalue weighted by Crippen LogP contribution is 2.39. The number of carbonyl (C=O) groups excluding carboxylic acids is 1. The van der Waals surface area contributed by atoms with Gasteiger partial charge in [0.05, 0.1) is 17.9 Å². The van der Waals surface area contributed by atoms with E-state index in [1.807, 2.05) is 38.1 Å². The number of nitrogens with zero attached hydrogens (tertiary/aromatic N) is 2. The van der Waals surface area contributed by atoms with Gasteiger partial charge in [0.1, 0.15) is 5.75 Å². The number of methoxy groups -OCH3 is 1. The van der Waals surface area contributed by atoms with Gasteiger partial charge in [-0.2, -0.15) is 4.31 Å². The highest BCUT2D eigenvalue weighted by molar-refractivity contribution is 7.89. The van der Waals surface area contributed by atoms with Gasteiger partial charge in [-0.3, -0.25) is 4.79 Å². The van der Waals surface area contributed by atoms with E-state index in [9.17, 15) is 13.2 Å². The van der Waals surface area contributed by atoms with Crippen molar-refractivity contribution in [1.82, 2.24) is 4.31 Å². The van der Waals surface area contributed by atoms with Crippen molar-refractivity contribution < 1.29 is 17.9 Å². The zero-order valence-electron chi connectivity index (χ0n) is 17.5. The third kappa shape index (κ3) is 3.65. The number of carbonyl (C=O) groups is 1. The van der Waals surface area contributed by atoms with Crippen LogP contribution in [0.4, 0.5) is 11.4 Å². The number of anilines is 2. The molecule has 1 amide bonds. The Labute approximate surface area is 177 Å². The molecule has 2 aliphatic heterocycles. The first kappa shape index (κ1) is 20.7. The lowest BCUT2D eigenvalue weighted by atomic mass is 9.90. The Morgan fingerprint density at radius 2 is 1.70 bits per heavy atom. The average molecular weight is 430 g/mol. The number of amides is 1. The SMILES string of the molecule is COc1ccc(N2CCN(S(=O)(=O)c3ccc4c(c3)[C@@H](C(C)C)C(=O)N4)CC2)cc1. The van der Waals surface area contributed by atoms with E-state index >= 15 is 0 Å². The molecule has 0 aliphatic carbocycles. The van der Waals surface area contributed by atoms with Crippen LogP contribution in [0.15, 0.2) is 47.4 Å². The predicted molar refractivity (Wildman–Crippen MR) is 117 cm³/mol. The second-order valence-corrected chi connectivity index (χ2v) is 9.99. The molecule has 2 heterocycles. The summed E-state index contributed by atoms with van der Waals surface area (Å²) in [4.78, 5) is 14.7. The van der Waals surface area contributed by atoms with Gasteiger partial charge in [-0.05, 0) is 53.9 Å². The number of benzene rings is 2. The van der Waals surface area contributed by atoms with Gasteiger partial charge in [0.25, 0.3) is 0 Å². The second-order valence-electron chi connectivity index (χ2n) is 8.05. The third-order valence-electron chi connectivity index (χ3n) is 5.88. The van der Waals surface area contributed by atoms with E-state index in [1.165, 1.54) is 4.31 Å². The molecule has 0 radical (unpaired) electrons. The van der Waals surface area contributed by atoms with Gasteiger partial charge in [-0.1, -0.05) is 13.8 Å². The molecule has 2 aromatic rings. The summed E-state index contributed by atoms with van der Waals surface area (Å²) < 4.78 is 33.2. The Morgan fingerprint density at radius 3 is 2.30 bits per heavy atom. The summed E-state index contributed by atoms with van der Waals surface area (Å²) in [6.45, 7) is 6.00. The Kier molecular flexibility index (Phi) is 5.46. The molecule has 160 valence electrons. The number of hydrogen-bond donors (Lipinski definition) is 1. The number of nitrogens with one attached hydrogen (secondary N) is 1. The van der Waals surface area contributed by atoms with Gasteiger partial charge in [-0.25, -0.2) is 8.42 Å². The van der Waals surface area contributed by atoms with Crippen LogP contribution in [0.25, 0.3) is 0 Å². The maximum atomic E-state index is 13.3. The van der Waals surface area contributed by atoms with Crippen molar-refractivity contribution in [3.05, 3.63) is 48.0 Å². The molecule has 1 fully saturated rings. The van der Waals surface area contributed by atoms with Crippen LogP contribution in [0, 0.1) is 5.92 Å². The molecule has 8 heteroatoms. The molecule has 0 saturated carbocycles. The zero-order chi connectivity index (χ0) is 21.5. The Morgan fingerprint density at radius 1 is 1.03 bits per heavy atom. The lowest BCUT2D eigenvalue weighted by Crippen LogP contribution is -2.48. The molecule has 2 aliphatic rings. The predicted octanol–water partition coefficient (Wildman–Crippen LogP) is 2.90. The molecule has 1 atom stereocenters. The van der Waals surface area contributed by atoms with Crippen molar-refractivity contribution in [3.63, 3.8) is 0 Å². The molecule has 1 saturated heterocycles. The minimum absolute atomic E-state index is 0.0670. The highest BCUT2D eigenvalue weighted by Gasteiger charge is 2.35. The monoisotopic (exact) mass is 429 g/mol. The van der Waals surface area contributed by atoms with E-state index in [2.05, 4.69) is 10.2 Å². The quantitative estimate of drug-likeness (QED) is 0.791. The molecule has 30 heavy (non-hydrogen) atoms. The Bertz CT molecular complexity index is 1040. The van der Waals surface area contributed by atoms with Crippen molar-refractivity contribution in [2.75, 3.05) is 43.5 Å². The van der Waals surface area contributed by atoms with Crippen LogP contribution in [0.5, 0.6) is 5.75 Å². The van der Waals surface area contributed by atoms with E-state index in [4.69, 9.17) is 4.74 Å². The average Bonchev–Trinajstić information content (AvgIpc) is 3.09. The summed E-state index contributed by atoms with van der Waals surface area (Å²) in [6, 6.07) is 12.7. The Balaban J connectivity index is 1.51. The van der Waals surface area contributed by atoms with E-state index < -0.39 is 10.0 Å². The number of piperazine rings is 1. The van der Waals surface area contributed by atoms with Crippen molar-refractivity contribution >= 4 is 27.3 Å². The summed E-state index contributed by atoms with van der Waals surface area (Å²) in [7, 11) is -1.99. The molecule has 4 rings (SSSR count). The van der Waals surface area contributed by atoms with Gasteiger partial charge >= 0.3 is 0 Å². The Hall–Kier alpha value is -2.58. The fourth-order valence-corrected chi connectivity index (χ4v) is 5.67. The van der Waals surface area contributed by atoms with Gasteiger partial charge in [0.2, 0.25) is 15.9 Å². The maximum Gasteiger partial charge on any atom is 0.243 e. The topological polar surface area (TPSA) is 79.0 Å². The maximum absolute atomic E-state index is 13.3. The first-order chi connectivity index (χ1) is 14.3. The number of sulfonamides is 1. The van der Waals surface area contributed by atoms with Crippen molar-refractivity contribution in [3.8, 4) is 5.75 Å². The van der Waals surface area contributed by atoms with Gasteiger partial charge in [-0.15, -0.1) is 0 Å². The summed E-state index contributed by atoms with van der Waals surface area (Å²) in [5, 5.41) is 2.86. The standard InChI is InChI=1S/C22H27N3O4S/c1-15(2)21-19-14-18(8-9-20(19)23-22(21)26)30(27,28)25-12-10-24(11-13-25)16-4-6-17(29-3)7-5-16/h4-9,14-15,21H,10-13H2,1-3H3,(H,23,26)/t21-/m1/s1. The molecule has 0 spiro atoms. The van der Waals surface area contributed by atoms with E-state index in [-0.39, 0.29) is 22.6 Å². The lowest BCUT2D eigenvalue weighted by molar-refractivity contribution is -0.117. The number of hydrogen-bond acceptors (Lipinski definition) is 5. The summed E-state index contributed by atoms with van der Waals surface area (Å²) in [5.41, 5.74) is 2.53. The van der Waals surface area contributed by atoms with E-state index in [0.29, 0.717) is 31.9 Å². The molecule has 0 aromatic heterocycles. The molecule has 7 nitrogen and oxygen atoms in total. The number of fused-ring (bicyclic) bond motifs is 1. The highest BCUT2D eigenvalue weighted by atomic mass is 32.2. The first-order valence-corrected chi connectivity index (χ1v) is 11.6. The fraction of sp³-hybridized carbons (Fsp3) is 0.409. The molecule has 2 aromatic carbocycles. The van der Waals surface area contributed by atoms with E-state index in [0.717, 1.165) is 17.0 Å². The molecule has 1 N–H and O–H groups in total. The second kappa shape index (κ2) is 7.92. The van der Waals surface area contributed by atoms with Gasteiger partial charge in [0.15, 0.2) is 0 Å². The minimum Gasteiger partial charge on any atom is -0.497 e. The smallest absolute Gasteiger partial charge is 0.243 e. The van der Waals surface area contributed by atoms with Crippen LogP contribution in [0.3, 0.4) is 0 Å². The third-order valence-corrected chi connectivity index (χ3v) is 7.77. The number of ether oxygens (including phenoxy) is 1. The summed E-state index contributed by atoms with van der Waals surface area (Å²) >= 11 is 0. The van der Waals surface area contributed by atoms with Crippen LogP contribution < -0.4 is 15.0 Å². The van der Waals surface area contributed by atoms with E-state index in [1.54, 1.807) is 25.3 Å². The van der Waals surface area contributed by atoms with Crippen LogP contribution in [-0.2, 0) is 14.8 Å². The van der Waals surface area contributed by atoms with Gasteiger partial charge < -0.3 is 15.0 Å². The normalized spacial score (nSPS) is 19.7. The summed E-state index contributed by atoms with van der Waals surface area (Å²) in [6.07, 6.45) is 0. The van der Waals surface area contributed by atoms with Crippen molar-refractivity contribution in [1.29, 1.82) is 0 Å². The number of rotatable bonds is 5. The molecular weight excluding hydrogens is 402 g/mol. The molecule has 0 bridgehead atoms. The lowest BCUT2D eigenvalue weighted by Gasteiger charge is -2.35. The fourth-order valence-electron chi connectivity index (χ4n) is 4.21.